The van der Waals surface area contributed by atoms with Gasteiger partial charge in [0, 0.05) is 57.6 Å². The fourth-order valence-electron chi connectivity index (χ4n) is 13.5. The van der Waals surface area contributed by atoms with Crippen molar-refractivity contribution in [2.24, 2.45) is 0 Å². The van der Waals surface area contributed by atoms with Crippen LogP contribution in [0, 0.1) is 23.3 Å². The molecule has 0 spiro atoms. The van der Waals surface area contributed by atoms with Crippen LogP contribution in [0.2, 0.25) is 0 Å². The fraction of sp³-hybridized carbons (Fsp3) is 0.00971. The molecule has 0 saturated heterocycles. The molecular weight excluding hydrogens is 1820 g/mol. The third-order valence-electron chi connectivity index (χ3n) is 18.8. The van der Waals surface area contributed by atoms with Crippen molar-refractivity contribution in [3.05, 3.63) is 483 Å². The van der Waals surface area contributed by atoms with Crippen molar-refractivity contribution < 1.29 is 41.6 Å². The summed E-state index contributed by atoms with van der Waals surface area (Å²) in [5.74, 6) is 4.52. The summed E-state index contributed by atoms with van der Waals surface area (Å²) in [6.07, 6.45) is 1.03. The third kappa shape index (κ3) is 22.4. The van der Waals surface area contributed by atoms with Gasteiger partial charge in [-0.25, -0.2) is 17.6 Å². The van der Waals surface area contributed by atoms with Crippen LogP contribution < -0.4 is 46.0 Å². The van der Waals surface area contributed by atoms with Gasteiger partial charge in [-0.05, 0) is 175 Å². The average molecular weight is 1900 g/mol. The molecule has 0 atom stereocenters. The number of aromatic hydroxyl groups is 1. The van der Waals surface area contributed by atoms with Crippen LogP contribution in [0.5, 0.6) is 51.7 Å². The molecule has 2 aliphatic rings. The number of para-hydroxylation sites is 11. The molecule has 8 nitrogen and oxygen atoms in total. The number of rotatable bonds is 15. The molecule has 17 aromatic carbocycles. The Labute approximate surface area is 734 Å². The predicted molar refractivity (Wildman–Crippen MR) is 495 cm³/mol. The number of hydrogen-bond acceptors (Lipinski definition) is 8. The Kier molecular flexibility index (Phi) is 29.1. The van der Waals surface area contributed by atoms with E-state index in [1.165, 1.54) is 47.7 Å². The second kappa shape index (κ2) is 41.7. The maximum atomic E-state index is 13.6. The Morgan fingerprint density at radius 2 is 0.550 bits per heavy atom. The average Bonchev–Trinajstić information content (AvgIpc) is 0.721. The van der Waals surface area contributed by atoms with E-state index >= 15 is 0 Å². The Balaban J connectivity index is 0.000000128. The zero-order chi connectivity index (χ0) is 82.9. The number of ether oxygens (including phenoxy) is 4. The summed E-state index contributed by atoms with van der Waals surface area (Å²) in [6.45, 7) is 0. The van der Waals surface area contributed by atoms with E-state index in [9.17, 15) is 17.6 Å². The van der Waals surface area contributed by atoms with Crippen LogP contribution in [0.1, 0.15) is 11.1 Å². The number of phenols is 1. The first-order valence-corrected chi connectivity index (χ1v) is 45.0. The van der Waals surface area contributed by atoms with Crippen LogP contribution in [0.25, 0.3) is 0 Å². The van der Waals surface area contributed by atoms with E-state index in [0.29, 0.717) is 21.7 Å². The Hall–Kier alpha value is -12.6. The minimum atomic E-state index is -2.35. The standard InChI is InChI=1S/C30H21Br2NO2.C30H20NO2.C18H13F2N.C13H12.C6H3BrF2.C6H5BrO.Ga/c31-27-15-7-9-17-29(27)34-25-19-24(20-26(21-25)35-30-18-10-8-16-28(30)32)33(22-11-3-1-4-12-22)23-13-5-2-6-14-23;1-5-13-24(14-6-1)31(25-15-7-2-8-16-25)26-21-29(32-27-17-9-3-10-18-27)23-30(22-26)33-28-19-11-4-12-20-28;19-14-11-15(20)13-18(12-14)21(16-7-3-1-4-8-16)17-9-5-2-6-10-17;1-3-7-12(8-4-1)11-13-9-5-2-6-10-13;7-4-1-5(8)3-6(9)2-4;7-5-3-1-2-4-6(5)8;/h1-21H;1-17,19,21-22H;1-13H;1-10H,11H2;1-3H;1-4,8H;. The first kappa shape index (κ1) is 83.9. The maximum absolute atomic E-state index is 13.6. The van der Waals surface area contributed by atoms with Crippen molar-refractivity contribution in [2.45, 2.75) is 6.42 Å². The van der Waals surface area contributed by atoms with Crippen molar-refractivity contribution in [2.75, 3.05) is 14.7 Å². The van der Waals surface area contributed by atoms with Gasteiger partial charge in [-0.1, -0.05) is 186 Å². The van der Waals surface area contributed by atoms with Crippen molar-refractivity contribution in [3.63, 3.8) is 0 Å². The van der Waals surface area contributed by atoms with Crippen molar-refractivity contribution in [1.82, 2.24) is 0 Å². The van der Waals surface area contributed by atoms with Crippen molar-refractivity contribution in [3.8, 4) is 51.7 Å². The van der Waals surface area contributed by atoms with Gasteiger partial charge in [-0.15, -0.1) is 0 Å². The molecule has 120 heavy (non-hydrogen) atoms. The molecule has 17 aromatic rings. The zero-order valence-corrected chi connectivity index (χ0v) is 73.0. The number of hydrogen-bond donors (Lipinski definition) is 1. The van der Waals surface area contributed by atoms with Gasteiger partial charge < -0.3 is 24.4 Å². The second-order valence-electron chi connectivity index (χ2n) is 27.1. The molecule has 0 aliphatic carbocycles. The first-order chi connectivity index (χ1) is 58.7. The number of halogens is 8. The molecular formula is C103H74Br4F4GaN3O5. The predicted octanol–water partition coefficient (Wildman–Crippen LogP) is 29.7. The summed E-state index contributed by atoms with van der Waals surface area (Å²) < 4.78 is 84.0. The molecule has 1 N–H and O–H groups in total. The summed E-state index contributed by atoms with van der Waals surface area (Å²) >= 11 is 10.9. The van der Waals surface area contributed by atoms with Gasteiger partial charge in [0.25, 0.3) is 0 Å². The number of fused-ring (bicyclic) bond motifs is 4. The summed E-state index contributed by atoms with van der Waals surface area (Å²) in [4.78, 5) is 6.25. The molecule has 0 saturated carbocycles. The molecule has 0 aromatic heterocycles. The van der Waals surface area contributed by atoms with Crippen LogP contribution in [0.15, 0.2) is 449 Å². The SMILES string of the molecule is Brc1ccccc1Oc1cc(Oc2ccccc2Br)cc(N(c2ccccc2)c2ccccc2)c1.Fc1cc(F)cc(Br)c1.Fc1cc(F)cc(N(c2ccccc2)c2ccccc2)c1.Oc1ccccc1Br.c1ccc(Cc2ccccc2)cc1.c1ccc(N(c2ccccc2)c2cc3[c]4c(c2)Oc2cccc[c]2[Ga]4[c]2ccccc2O3)cc1. The van der Waals surface area contributed by atoms with Gasteiger partial charge in [0.1, 0.15) is 52.0 Å². The van der Waals surface area contributed by atoms with E-state index < -0.39 is 39.5 Å². The van der Waals surface area contributed by atoms with Gasteiger partial charge in [0.15, 0.2) is 0 Å². The van der Waals surface area contributed by atoms with E-state index in [2.05, 4.69) is 268 Å². The zero-order valence-electron chi connectivity index (χ0n) is 64.2. The molecule has 0 radical (unpaired) electrons. The normalized spacial score (nSPS) is 10.8. The van der Waals surface area contributed by atoms with E-state index in [1.807, 2.05) is 187 Å². The van der Waals surface area contributed by atoms with Crippen LogP contribution in [-0.2, 0) is 6.42 Å². The Morgan fingerprint density at radius 1 is 0.267 bits per heavy atom. The molecule has 0 unspecified atom stereocenters. The van der Waals surface area contributed by atoms with Gasteiger partial charge in [0.05, 0.1) is 24.8 Å². The summed E-state index contributed by atoms with van der Waals surface area (Å²) in [5.41, 5.74) is 11.0. The van der Waals surface area contributed by atoms with Gasteiger partial charge in [0.2, 0.25) is 0 Å². The fourth-order valence-corrected chi connectivity index (χ4v) is 21.9. The molecule has 0 fully saturated rings. The van der Waals surface area contributed by atoms with Crippen molar-refractivity contribution in [1.29, 1.82) is 0 Å². The van der Waals surface area contributed by atoms with Gasteiger partial charge in [-0.2, -0.15) is 0 Å². The number of anilines is 9. The molecule has 2 heterocycles. The summed E-state index contributed by atoms with van der Waals surface area (Å²) in [6, 6.07) is 138. The summed E-state index contributed by atoms with van der Waals surface area (Å²) in [7, 11) is 0. The van der Waals surface area contributed by atoms with Crippen LogP contribution in [0.3, 0.4) is 0 Å². The first-order valence-electron chi connectivity index (χ1n) is 38.2. The molecule has 0 bridgehead atoms. The topological polar surface area (TPSA) is 66.9 Å². The van der Waals surface area contributed by atoms with Crippen molar-refractivity contribution >= 4 is 143 Å². The number of benzene rings is 17. The van der Waals surface area contributed by atoms with E-state index in [4.69, 9.17) is 24.1 Å². The van der Waals surface area contributed by atoms with Gasteiger partial charge >= 0.3 is 204 Å². The molecule has 0 amide bonds. The second-order valence-corrected chi connectivity index (χ2v) is 36.2. The van der Waals surface area contributed by atoms with E-state index in [0.717, 1.165) is 112 Å². The monoisotopic (exact) mass is 1890 g/mol. The Bertz CT molecular complexity index is 5810. The summed E-state index contributed by atoms with van der Waals surface area (Å²) in [5, 5.41) is 8.87. The van der Waals surface area contributed by atoms with Gasteiger partial charge in [-0.3, -0.25) is 0 Å². The molecule has 2 aliphatic heterocycles. The number of phenolic OH excluding ortho intramolecular Hbond substituents is 1. The Morgan fingerprint density at radius 3 is 0.875 bits per heavy atom. The van der Waals surface area contributed by atoms with Crippen LogP contribution >= 0.6 is 63.7 Å². The number of nitrogens with zero attached hydrogens (tertiary/aromatic N) is 3. The molecule has 590 valence electrons. The minimum absolute atomic E-state index is 0.285. The van der Waals surface area contributed by atoms with Crippen LogP contribution in [0.4, 0.5) is 68.7 Å². The quantitative estimate of drug-likeness (QED) is 0.0805. The molecule has 19 rings (SSSR count). The third-order valence-corrected chi connectivity index (χ3v) is 28.2. The van der Waals surface area contributed by atoms with E-state index in [-0.39, 0.29) is 5.75 Å². The van der Waals surface area contributed by atoms with Crippen LogP contribution in [-0.4, -0.2) is 21.3 Å². The van der Waals surface area contributed by atoms with E-state index in [1.54, 1.807) is 18.2 Å². The molecule has 17 heteroatoms.